The molecule has 20 heavy (non-hydrogen) atoms. The SMILES string of the molecule is COc1ccc(Cl)cc1-n1ncc(/C=C/C(=O)O)c1C. The lowest BCUT2D eigenvalue weighted by Gasteiger charge is -2.10. The Morgan fingerprint density at radius 3 is 2.90 bits per heavy atom. The van der Waals surface area contributed by atoms with Crippen molar-refractivity contribution in [1.82, 2.24) is 9.78 Å². The molecular weight excluding hydrogens is 280 g/mol. The van der Waals surface area contributed by atoms with E-state index in [2.05, 4.69) is 5.10 Å². The van der Waals surface area contributed by atoms with E-state index in [-0.39, 0.29) is 0 Å². The smallest absolute Gasteiger partial charge is 0.328 e. The monoisotopic (exact) mass is 292 g/mol. The molecule has 0 unspecified atom stereocenters. The molecule has 0 amide bonds. The minimum absolute atomic E-state index is 0.568. The van der Waals surface area contributed by atoms with Crippen LogP contribution >= 0.6 is 11.6 Å². The number of aliphatic carboxylic acids is 1. The molecule has 2 rings (SSSR count). The highest BCUT2D eigenvalue weighted by atomic mass is 35.5. The van der Waals surface area contributed by atoms with Crippen LogP contribution in [0.5, 0.6) is 5.75 Å². The summed E-state index contributed by atoms with van der Waals surface area (Å²) in [7, 11) is 1.57. The van der Waals surface area contributed by atoms with E-state index in [9.17, 15) is 4.79 Å². The molecule has 0 atom stereocenters. The fourth-order valence-electron chi connectivity index (χ4n) is 1.82. The Kier molecular flexibility index (Phi) is 4.10. The molecule has 0 aliphatic rings. The molecule has 0 spiro atoms. The second-order valence-electron chi connectivity index (χ2n) is 4.08. The summed E-state index contributed by atoms with van der Waals surface area (Å²) in [6, 6.07) is 5.23. The topological polar surface area (TPSA) is 64.4 Å². The highest BCUT2D eigenvalue weighted by Gasteiger charge is 2.11. The Hall–Kier alpha value is -2.27. The lowest BCUT2D eigenvalue weighted by Crippen LogP contribution is -2.02. The van der Waals surface area contributed by atoms with Gasteiger partial charge in [-0.05, 0) is 31.2 Å². The van der Waals surface area contributed by atoms with E-state index < -0.39 is 5.97 Å². The molecule has 0 radical (unpaired) electrons. The number of carboxylic acids is 1. The second-order valence-corrected chi connectivity index (χ2v) is 4.52. The van der Waals surface area contributed by atoms with Crippen LogP contribution in [0.25, 0.3) is 11.8 Å². The van der Waals surface area contributed by atoms with Gasteiger partial charge in [0.15, 0.2) is 0 Å². The molecule has 0 aliphatic heterocycles. The van der Waals surface area contributed by atoms with Crippen molar-refractivity contribution >= 4 is 23.6 Å². The van der Waals surface area contributed by atoms with Crippen molar-refractivity contribution in [1.29, 1.82) is 0 Å². The first-order chi connectivity index (χ1) is 9.52. The Morgan fingerprint density at radius 2 is 2.25 bits per heavy atom. The van der Waals surface area contributed by atoms with Gasteiger partial charge in [-0.3, -0.25) is 0 Å². The maximum atomic E-state index is 10.6. The number of ether oxygens (including phenoxy) is 1. The summed E-state index contributed by atoms with van der Waals surface area (Å²) in [6.07, 6.45) is 4.16. The second kappa shape index (κ2) is 5.79. The van der Waals surface area contributed by atoms with Crippen LogP contribution in [0.2, 0.25) is 5.02 Å². The summed E-state index contributed by atoms with van der Waals surface area (Å²) in [4.78, 5) is 10.6. The zero-order chi connectivity index (χ0) is 14.7. The van der Waals surface area contributed by atoms with Gasteiger partial charge in [0, 0.05) is 22.4 Å². The Morgan fingerprint density at radius 1 is 1.50 bits per heavy atom. The number of carbonyl (C=O) groups is 1. The van der Waals surface area contributed by atoms with Crippen molar-refractivity contribution in [2.45, 2.75) is 6.92 Å². The van der Waals surface area contributed by atoms with Gasteiger partial charge in [-0.1, -0.05) is 11.6 Å². The first-order valence-electron chi connectivity index (χ1n) is 5.82. The van der Waals surface area contributed by atoms with E-state index in [0.29, 0.717) is 16.5 Å². The summed E-state index contributed by atoms with van der Waals surface area (Å²) < 4.78 is 6.94. The minimum atomic E-state index is -1.00. The molecule has 0 saturated heterocycles. The van der Waals surface area contributed by atoms with E-state index in [1.807, 2.05) is 6.92 Å². The van der Waals surface area contributed by atoms with Crippen LogP contribution in [0, 0.1) is 6.92 Å². The molecule has 0 saturated carbocycles. The normalized spacial score (nSPS) is 10.9. The lowest BCUT2D eigenvalue weighted by molar-refractivity contribution is -0.131. The Bertz CT molecular complexity index is 677. The number of hydrogen-bond donors (Lipinski definition) is 1. The van der Waals surface area contributed by atoms with Gasteiger partial charge in [-0.2, -0.15) is 5.10 Å². The maximum absolute atomic E-state index is 10.6. The average Bonchev–Trinajstić information content (AvgIpc) is 2.77. The predicted molar refractivity (Wildman–Crippen MR) is 76.5 cm³/mol. The number of hydrogen-bond acceptors (Lipinski definition) is 3. The molecule has 6 heteroatoms. The van der Waals surface area contributed by atoms with Crippen molar-refractivity contribution in [3.63, 3.8) is 0 Å². The molecule has 0 bridgehead atoms. The van der Waals surface area contributed by atoms with E-state index in [4.69, 9.17) is 21.4 Å². The molecule has 1 heterocycles. The molecule has 5 nitrogen and oxygen atoms in total. The van der Waals surface area contributed by atoms with Crippen LogP contribution in [0.15, 0.2) is 30.5 Å². The first kappa shape index (κ1) is 14.1. The molecule has 0 fully saturated rings. The van der Waals surface area contributed by atoms with Crippen LogP contribution in [-0.4, -0.2) is 28.0 Å². The molecule has 1 aromatic heterocycles. The first-order valence-corrected chi connectivity index (χ1v) is 6.20. The fourth-order valence-corrected chi connectivity index (χ4v) is 1.98. The quantitative estimate of drug-likeness (QED) is 0.880. The molecule has 2 aromatic rings. The number of halogens is 1. The third-order valence-corrected chi connectivity index (χ3v) is 3.06. The largest absolute Gasteiger partial charge is 0.494 e. The third kappa shape index (κ3) is 2.83. The van der Waals surface area contributed by atoms with Gasteiger partial charge in [0.05, 0.1) is 13.3 Å². The Labute approximate surface area is 121 Å². The number of benzene rings is 1. The van der Waals surface area contributed by atoms with Crippen molar-refractivity contribution in [3.8, 4) is 11.4 Å². The summed E-state index contributed by atoms with van der Waals surface area (Å²) >= 11 is 6.00. The summed E-state index contributed by atoms with van der Waals surface area (Å²) in [5.41, 5.74) is 2.21. The van der Waals surface area contributed by atoms with Crippen molar-refractivity contribution in [2.24, 2.45) is 0 Å². The van der Waals surface area contributed by atoms with Crippen LogP contribution in [0.3, 0.4) is 0 Å². The predicted octanol–water partition coefficient (Wildman–Crippen LogP) is 2.94. The summed E-state index contributed by atoms with van der Waals surface area (Å²) in [5, 5.41) is 13.5. The molecule has 1 aromatic carbocycles. The highest BCUT2D eigenvalue weighted by Crippen LogP contribution is 2.27. The van der Waals surface area contributed by atoms with Gasteiger partial charge < -0.3 is 9.84 Å². The van der Waals surface area contributed by atoms with E-state index in [0.717, 1.165) is 17.3 Å². The fraction of sp³-hybridized carbons (Fsp3) is 0.143. The minimum Gasteiger partial charge on any atom is -0.494 e. The molecular formula is C14H13ClN2O3. The zero-order valence-electron chi connectivity index (χ0n) is 11.0. The number of nitrogens with zero attached hydrogens (tertiary/aromatic N) is 2. The average molecular weight is 293 g/mol. The molecule has 1 N–H and O–H groups in total. The zero-order valence-corrected chi connectivity index (χ0v) is 11.8. The number of carboxylic acid groups (broad SMARTS) is 1. The number of methoxy groups -OCH3 is 1. The van der Waals surface area contributed by atoms with Gasteiger partial charge in [-0.25, -0.2) is 9.48 Å². The van der Waals surface area contributed by atoms with Crippen molar-refractivity contribution in [2.75, 3.05) is 7.11 Å². The van der Waals surface area contributed by atoms with Gasteiger partial charge in [0.1, 0.15) is 11.4 Å². The summed E-state index contributed by atoms with van der Waals surface area (Å²) in [6.45, 7) is 1.84. The van der Waals surface area contributed by atoms with Gasteiger partial charge in [-0.15, -0.1) is 0 Å². The van der Waals surface area contributed by atoms with Crippen LogP contribution in [0.4, 0.5) is 0 Å². The number of rotatable bonds is 4. The van der Waals surface area contributed by atoms with Gasteiger partial charge in [0.25, 0.3) is 0 Å². The third-order valence-electron chi connectivity index (χ3n) is 2.82. The maximum Gasteiger partial charge on any atom is 0.328 e. The van der Waals surface area contributed by atoms with Crippen LogP contribution in [0.1, 0.15) is 11.3 Å². The van der Waals surface area contributed by atoms with Crippen molar-refractivity contribution < 1.29 is 14.6 Å². The van der Waals surface area contributed by atoms with Crippen molar-refractivity contribution in [3.05, 3.63) is 46.8 Å². The van der Waals surface area contributed by atoms with Crippen LogP contribution in [-0.2, 0) is 4.79 Å². The molecule has 104 valence electrons. The van der Waals surface area contributed by atoms with E-state index in [1.165, 1.54) is 6.08 Å². The number of aromatic nitrogens is 2. The summed E-state index contributed by atoms with van der Waals surface area (Å²) in [5.74, 6) is -0.369. The lowest BCUT2D eigenvalue weighted by atomic mass is 10.2. The van der Waals surface area contributed by atoms with Crippen LogP contribution < -0.4 is 4.74 Å². The standard InChI is InChI=1S/C14H13ClN2O3/c1-9-10(3-6-14(18)19)8-16-17(9)12-7-11(15)4-5-13(12)20-2/h3-8H,1-2H3,(H,18,19)/b6-3+. The van der Waals surface area contributed by atoms with E-state index >= 15 is 0 Å². The van der Waals surface area contributed by atoms with Gasteiger partial charge >= 0.3 is 5.97 Å². The molecule has 0 aliphatic carbocycles. The van der Waals surface area contributed by atoms with E-state index in [1.54, 1.807) is 36.2 Å². The highest BCUT2D eigenvalue weighted by molar-refractivity contribution is 6.30. The Balaban J connectivity index is 2.49. The van der Waals surface area contributed by atoms with Gasteiger partial charge in [0.2, 0.25) is 0 Å².